The number of aromatic nitrogens is 1. The average molecular weight is 219 g/mol. The Labute approximate surface area is 90.9 Å². The van der Waals surface area contributed by atoms with Crippen LogP contribution < -0.4 is 0 Å². The van der Waals surface area contributed by atoms with E-state index in [1.165, 1.54) is 0 Å². The van der Waals surface area contributed by atoms with E-state index in [0.29, 0.717) is 5.56 Å². The third-order valence-electron chi connectivity index (χ3n) is 2.27. The molecule has 0 unspecified atom stereocenters. The fraction of sp³-hybridized carbons (Fsp3) is 0.0909. The van der Waals surface area contributed by atoms with Crippen molar-refractivity contribution in [2.24, 2.45) is 0 Å². The van der Waals surface area contributed by atoms with Gasteiger partial charge in [-0.15, -0.1) is 0 Å². The van der Waals surface area contributed by atoms with Gasteiger partial charge in [-0.05, 0) is 6.07 Å². The number of carboxylic acid groups (broad SMARTS) is 1. The molecule has 0 radical (unpaired) electrons. The van der Waals surface area contributed by atoms with Gasteiger partial charge in [0.2, 0.25) is 0 Å². The number of para-hydroxylation sites is 1. The van der Waals surface area contributed by atoms with Crippen molar-refractivity contribution < 1.29 is 19.4 Å². The molecule has 2 aromatic rings. The lowest BCUT2D eigenvalue weighted by molar-refractivity contribution is 0.0663. The standard InChI is InChI=1S/C11H9NO4/c13-6-8-5-12(7-16-11(14)15)10-4-2-1-3-9(8)10/h1-6H,7H2,(H,14,15). The van der Waals surface area contributed by atoms with Crippen molar-refractivity contribution in [3.8, 4) is 0 Å². The van der Waals surface area contributed by atoms with Crippen LogP contribution >= 0.6 is 0 Å². The Morgan fingerprint density at radius 1 is 1.44 bits per heavy atom. The molecule has 0 amide bonds. The van der Waals surface area contributed by atoms with Gasteiger partial charge in [-0.3, -0.25) is 4.79 Å². The van der Waals surface area contributed by atoms with Crippen molar-refractivity contribution in [1.82, 2.24) is 4.57 Å². The predicted octanol–water partition coefficient (Wildman–Crippen LogP) is 2.11. The van der Waals surface area contributed by atoms with Gasteiger partial charge in [-0.1, -0.05) is 18.2 Å². The molecule has 0 bridgehead atoms. The number of carbonyl (C=O) groups excluding carboxylic acids is 1. The van der Waals surface area contributed by atoms with Gasteiger partial charge in [0.1, 0.15) is 0 Å². The van der Waals surface area contributed by atoms with Gasteiger partial charge in [0, 0.05) is 17.1 Å². The third-order valence-corrected chi connectivity index (χ3v) is 2.27. The van der Waals surface area contributed by atoms with E-state index >= 15 is 0 Å². The molecule has 0 spiro atoms. The zero-order chi connectivity index (χ0) is 11.5. The van der Waals surface area contributed by atoms with Gasteiger partial charge >= 0.3 is 6.16 Å². The molecule has 0 aliphatic carbocycles. The molecule has 0 saturated heterocycles. The molecular weight excluding hydrogens is 210 g/mol. The number of carbonyl (C=O) groups is 2. The predicted molar refractivity (Wildman–Crippen MR) is 56.4 cm³/mol. The van der Waals surface area contributed by atoms with Crippen molar-refractivity contribution >= 4 is 23.3 Å². The summed E-state index contributed by atoms with van der Waals surface area (Å²) in [6, 6.07) is 7.23. The highest BCUT2D eigenvalue weighted by atomic mass is 16.7. The number of hydrogen-bond donors (Lipinski definition) is 1. The first-order valence-corrected chi connectivity index (χ1v) is 4.61. The summed E-state index contributed by atoms with van der Waals surface area (Å²) in [5.74, 6) is 0. The van der Waals surface area contributed by atoms with Crippen LogP contribution in [0.1, 0.15) is 10.4 Å². The second-order valence-electron chi connectivity index (χ2n) is 3.23. The highest BCUT2D eigenvalue weighted by Gasteiger charge is 2.07. The average Bonchev–Trinajstić information content (AvgIpc) is 2.65. The number of hydrogen-bond acceptors (Lipinski definition) is 3. The summed E-state index contributed by atoms with van der Waals surface area (Å²) in [5.41, 5.74) is 1.29. The lowest BCUT2D eigenvalue weighted by Gasteiger charge is -2.03. The summed E-state index contributed by atoms with van der Waals surface area (Å²) in [6.07, 6.45) is 0.964. The summed E-state index contributed by atoms with van der Waals surface area (Å²) in [4.78, 5) is 21.1. The Hall–Kier alpha value is -2.30. The summed E-state index contributed by atoms with van der Waals surface area (Å²) in [6.45, 7) is -0.121. The molecule has 0 aliphatic rings. The fourth-order valence-corrected chi connectivity index (χ4v) is 1.60. The van der Waals surface area contributed by atoms with Crippen LogP contribution in [0.15, 0.2) is 30.5 Å². The molecule has 0 atom stereocenters. The number of ether oxygens (including phenoxy) is 1. The van der Waals surface area contributed by atoms with E-state index in [4.69, 9.17) is 5.11 Å². The van der Waals surface area contributed by atoms with Crippen molar-refractivity contribution in [2.45, 2.75) is 6.73 Å². The number of aldehydes is 1. The Morgan fingerprint density at radius 3 is 2.88 bits per heavy atom. The molecule has 2 rings (SSSR count). The topological polar surface area (TPSA) is 68.5 Å². The zero-order valence-corrected chi connectivity index (χ0v) is 8.29. The minimum atomic E-state index is -1.34. The maximum atomic E-state index is 10.8. The number of fused-ring (bicyclic) bond motifs is 1. The van der Waals surface area contributed by atoms with Gasteiger partial charge in [0.15, 0.2) is 13.0 Å². The quantitative estimate of drug-likeness (QED) is 0.634. The maximum Gasteiger partial charge on any atom is 0.507 e. The summed E-state index contributed by atoms with van der Waals surface area (Å²) < 4.78 is 6.03. The number of rotatable bonds is 3. The first-order chi connectivity index (χ1) is 7.72. The molecule has 5 nitrogen and oxygen atoms in total. The first kappa shape index (κ1) is 10.2. The Kier molecular flexibility index (Phi) is 2.59. The fourth-order valence-electron chi connectivity index (χ4n) is 1.60. The first-order valence-electron chi connectivity index (χ1n) is 4.61. The van der Waals surface area contributed by atoms with E-state index in [1.54, 1.807) is 22.9 Å². The van der Waals surface area contributed by atoms with Gasteiger partial charge in [-0.2, -0.15) is 0 Å². The minimum absolute atomic E-state index is 0.121. The van der Waals surface area contributed by atoms with E-state index in [2.05, 4.69) is 4.74 Å². The van der Waals surface area contributed by atoms with E-state index in [9.17, 15) is 9.59 Å². The minimum Gasteiger partial charge on any atom is -0.450 e. The van der Waals surface area contributed by atoms with Crippen LogP contribution in [-0.4, -0.2) is 22.1 Å². The van der Waals surface area contributed by atoms with Gasteiger partial charge in [0.05, 0.1) is 5.52 Å². The van der Waals surface area contributed by atoms with Crippen molar-refractivity contribution in [3.05, 3.63) is 36.0 Å². The molecule has 0 saturated carbocycles. The van der Waals surface area contributed by atoms with E-state index in [1.807, 2.05) is 12.1 Å². The Bertz CT molecular complexity index is 544. The van der Waals surface area contributed by atoms with Gasteiger partial charge in [-0.25, -0.2) is 4.79 Å². The van der Waals surface area contributed by atoms with Crippen molar-refractivity contribution in [3.63, 3.8) is 0 Å². The Morgan fingerprint density at radius 2 is 2.19 bits per heavy atom. The molecule has 0 aliphatic heterocycles. The highest BCUT2D eigenvalue weighted by molar-refractivity contribution is 5.97. The second-order valence-corrected chi connectivity index (χ2v) is 3.23. The molecule has 0 fully saturated rings. The SMILES string of the molecule is O=Cc1cn(COC(=O)O)c2ccccc12. The highest BCUT2D eigenvalue weighted by Crippen LogP contribution is 2.19. The van der Waals surface area contributed by atoms with E-state index in [-0.39, 0.29) is 6.73 Å². The maximum absolute atomic E-state index is 10.8. The van der Waals surface area contributed by atoms with Crippen LogP contribution in [-0.2, 0) is 11.5 Å². The normalized spacial score (nSPS) is 10.2. The molecule has 1 heterocycles. The van der Waals surface area contributed by atoms with Crippen LogP contribution in [0.25, 0.3) is 10.9 Å². The summed E-state index contributed by atoms with van der Waals surface area (Å²) >= 11 is 0. The smallest absolute Gasteiger partial charge is 0.450 e. The summed E-state index contributed by atoms with van der Waals surface area (Å²) in [7, 11) is 0. The molecule has 1 aromatic heterocycles. The lowest BCUT2D eigenvalue weighted by atomic mass is 10.2. The van der Waals surface area contributed by atoms with Crippen LogP contribution in [0.5, 0.6) is 0 Å². The zero-order valence-electron chi connectivity index (χ0n) is 8.29. The number of nitrogens with zero attached hydrogens (tertiary/aromatic N) is 1. The van der Waals surface area contributed by atoms with E-state index < -0.39 is 6.16 Å². The summed E-state index contributed by atoms with van der Waals surface area (Å²) in [5, 5.41) is 9.19. The second kappa shape index (κ2) is 4.06. The largest absolute Gasteiger partial charge is 0.507 e. The van der Waals surface area contributed by atoms with Crippen LogP contribution in [0.3, 0.4) is 0 Å². The molecule has 1 aromatic carbocycles. The lowest BCUT2D eigenvalue weighted by Crippen LogP contribution is -2.05. The van der Waals surface area contributed by atoms with Crippen LogP contribution in [0, 0.1) is 0 Å². The van der Waals surface area contributed by atoms with Crippen molar-refractivity contribution in [2.75, 3.05) is 0 Å². The van der Waals surface area contributed by atoms with Crippen LogP contribution in [0.4, 0.5) is 4.79 Å². The van der Waals surface area contributed by atoms with Crippen molar-refractivity contribution in [1.29, 1.82) is 0 Å². The molecule has 82 valence electrons. The molecular formula is C11H9NO4. The number of benzene rings is 1. The monoisotopic (exact) mass is 219 g/mol. The Balaban J connectivity index is 2.45. The molecule has 1 N–H and O–H groups in total. The third kappa shape index (κ3) is 1.75. The molecule has 16 heavy (non-hydrogen) atoms. The molecule has 5 heteroatoms. The van der Waals surface area contributed by atoms with Gasteiger partial charge < -0.3 is 14.4 Å². The van der Waals surface area contributed by atoms with E-state index in [0.717, 1.165) is 17.2 Å². The van der Waals surface area contributed by atoms with Gasteiger partial charge in [0.25, 0.3) is 0 Å². The van der Waals surface area contributed by atoms with Crippen LogP contribution in [0.2, 0.25) is 0 Å².